The van der Waals surface area contributed by atoms with Crippen LogP contribution < -0.4 is 15.5 Å². The molecule has 5 heteroatoms. The molecule has 5 nitrogen and oxygen atoms in total. The van der Waals surface area contributed by atoms with Gasteiger partial charge in [0.1, 0.15) is 0 Å². The molecule has 0 aromatic heterocycles. The van der Waals surface area contributed by atoms with Gasteiger partial charge in [-0.1, -0.05) is 51.1 Å². The second-order valence-electron chi connectivity index (χ2n) is 7.69. The summed E-state index contributed by atoms with van der Waals surface area (Å²) in [7, 11) is 0. The van der Waals surface area contributed by atoms with Crippen LogP contribution in [0.2, 0.25) is 0 Å². The molecule has 1 aliphatic heterocycles. The average molecular weight is 332 g/mol. The van der Waals surface area contributed by atoms with Gasteiger partial charge in [0.15, 0.2) is 6.54 Å². The zero-order valence-electron chi connectivity index (χ0n) is 15.0. The van der Waals surface area contributed by atoms with Crippen molar-refractivity contribution in [1.29, 1.82) is 0 Å². The summed E-state index contributed by atoms with van der Waals surface area (Å²) in [6.45, 7) is 8.73. The van der Waals surface area contributed by atoms with Crippen LogP contribution in [0.5, 0.6) is 0 Å². The van der Waals surface area contributed by atoms with Gasteiger partial charge in [-0.3, -0.25) is 9.59 Å². The van der Waals surface area contributed by atoms with E-state index in [-0.39, 0.29) is 23.3 Å². The van der Waals surface area contributed by atoms with Crippen molar-refractivity contribution in [2.24, 2.45) is 5.41 Å². The molecule has 1 aliphatic rings. The quantitative estimate of drug-likeness (QED) is 0.736. The van der Waals surface area contributed by atoms with E-state index in [1.807, 2.05) is 51.1 Å². The van der Waals surface area contributed by atoms with Crippen LogP contribution in [0.3, 0.4) is 0 Å². The number of carbonyl (C=O) groups is 2. The molecule has 0 saturated carbocycles. The zero-order chi connectivity index (χ0) is 17.6. The molecule has 0 unspecified atom stereocenters. The molecule has 1 heterocycles. The minimum atomic E-state index is -0.346. The molecule has 0 aliphatic carbocycles. The molecule has 132 valence electrons. The van der Waals surface area contributed by atoms with Crippen LogP contribution >= 0.6 is 0 Å². The summed E-state index contributed by atoms with van der Waals surface area (Å²) in [5.41, 5.74) is 0.769. The number of nitrogens with one attached hydrogen (secondary N) is 3. The van der Waals surface area contributed by atoms with E-state index in [1.54, 1.807) is 0 Å². The Hall–Kier alpha value is -1.88. The van der Waals surface area contributed by atoms with Crippen molar-refractivity contribution >= 4 is 11.8 Å². The van der Waals surface area contributed by atoms with E-state index in [9.17, 15) is 9.59 Å². The van der Waals surface area contributed by atoms with E-state index in [4.69, 9.17) is 0 Å². The number of quaternary nitrogens is 1. The lowest BCUT2D eigenvalue weighted by Gasteiger charge is -2.31. The lowest BCUT2D eigenvalue weighted by Crippen LogP contribution is -3.14. The fourth-order valence-corrected chi connectivity index (χ4v) is 2.84. The van der Waals surface area contributed by atoms with Crippen LogP contribution in [0.4, 0.5) is 0 Å². The topological polar surface area (TPSA) is 62.6 Å². The molecule has 2 rings (SSSR count). The molecule has 0 bridgehead atoms. The minimum Gasteiger partial charge on any atom is -0.352 e. The molecule has 3 N–H and O–H groups in total. The van der Waals surface area contributed by atoms with Gasteiger partial charge in [-0.05, 0) is 5.56 Å². The molecule has 0 radical (unpaired) electrons. The first-order valence-electron chi connectivity index (χ1n) is 8.80. The third-order valence-electron chi connectivity index (χ3n) is 4.45. The predicted molar refractivity (Wildman–Crippen MR) is 94.5 cm³/mol. The Bertz CT molecular complexity index is 543. The van der Waals surface area contributed by atoms with Crippen LogP contribution in [0.1, 0.15) is 39.2 Å². The second-order valence-corrected chi connectivity index (χ2v) is 7.69. The van der Waals surface area contributed by atoms with Crippen molar-refractivity contribution in [1.82, 2.24) is 10.6 Å². The van der Waals surface area contributed by atoms with Crippen LogP contribution in [-0.2, 0) is 16.1 Å². The van der Waals surface area contributed by atoms with Crippen molar-refractivity contribution in [3.8, 4) is 0 Å². The molecule has 1 fully saturated rings. The Balaban J connectivity index is 1.67. The predicted octanol–water partition coefficient (Wildman–Crippen LogP) is 0.512. The summed E-state index contributed by atoms with van der Waals surface area (Å²) in [5, 5.41) is 6.11. The van der Waals surface area contributed by atoms with Gasteiger partial charge in [-0.25, -0.2) is 0 Å². The third kappa shape index (κ3) is 5.96. The Morgan fingerprint density at radius 2 is 1.75 bits per heavy atom. The molecule has 1 aromatic rings. The third-order valence-corrected chi connectivity index (χ3v) is 4.45. The van der Waals surface area contributed by atoms with Gasteiger partial charge in [0.2, 0.25) is 5.91 Å². The molecule has 1 aromatic carbocycles. The zero-order valence-corrected chi connectivity index (χ0v) is 15.0. The van der Waals surface area contributed by atoms with Gasteiger partial charge in [0.25, 0.3) is 5.91 Å². The smallest absolute Gasteiger partial charge is 0.275 e. The highest BCUT2D eigenvalue weighted by atomic mass is 16.2. The highest BCUT2D eigenvalue weighted by Gasteiger charge is 2.28. The SMILES string of the molecule is CC(C)(C)C(=O)NC1CC[NH+](CC(=O)NCc2ccccc2)CC1. The monoisotopic (exact) mass is 332 g/mol. The highest BCUT2D eigenvalue weighted by molar-refractivity contribution is 5.81. The summed E-state index contributed by atoms with van der Waals surface area (Å²) in [6, 6.07) is 10.2. The van der Waals surface area contributed by atoms with Crippen molar-refractivity contribution in [2.75, 3.05) is 19.6 Å². The van der Waals surface area contributed by atoms with Gasteiger partial charge in [-0.15, -0.1) is 0 Å². The summed E-state index contributed by atoms with van der Waals surface area (Å²) >= 11 is 0. The van der Waals surface area contributed by atoms with E-state index >= 15 is 0 Å². The van der Waals surface area contributed by atoms with Crippen molar-refractivity contribution in [3.05, 3.63) is 35.9 Å². The first-order valence-corrected chi connectivity index (χ1v) is 8.80. The average Bonchev–Trinajstić information content (AvgIpc) is 2.55. The highest BCUT2D eigenvalue weighted by Crippen LogP contribution is 2.14. The van der Waals surface area contributed by atoms with E-state index in [1.165, 1.54) is 4.90 Å². The maximum Gasteiger partial charge on any atom is 0.275 e. The molecule has 1 saturated heterocycles. The van der Waals surface area contributed by atoms with Crippen LogP contribution in [0, 0.1) is 5.41 Å². The summed E-state index contributed by atoms with van der Waals surface area (Å²) in [4.78, 5) is 25.4. The number of benzene rings is 1. The van der Waals surface area contributed by atoms with Gasteiger partial charge in [-0.2, -0.15) is 0 Å². The van der Waals surface area contributed by atoms with Gasteiger partial charge in [0, 0.05) is 30.8 Å². The van der Waals surface area contributed by atoms with Gasteiger partial charge in [0.05, 0.1) is 13.1 Å². The second kappa shape index (κ2) is 8.29. The van der Waals surface area contributed by atoms with Gasteiger partial charge < -0.3 is 15.5 Å². The molecular formula is C19H30N3O2+. The van der Waals surface area contributed by atoms with E-state index in [0.29, 0.717) is 13.1 Å². The van der Waals surface area contributed by atoms with Crippen molar-refractivity contribution in [2.45, 2.75) is 46.2 Å². The number of hydrogen-bond donors (Lipinski definition) is 3. The van der Waals surface area contributed by atoms with Crippen LogP contribution in [0.25, 0.3) is 0 Å². The van der Waals surface area contributed by atoms with Gasteiger partial charge >= 0.3 is 0 Å². The largest absolute Gasteiger partial charge is 0.352 e. The van der Waals surface area contributed by atoms with Crippen LogP contribution in [-0.4, -0.2) is 37.5 Å². The minimum absolute atomic E-state index is 0.0889. The number of likely N-dealkylation sites (tertiary alicyclic amines) is 1. The van der Waals surface area contributed by atoms with Crippen molar-refractivity contribution < 1.29 is 14.5 Å². The Labute approximate surface area is 144 Å². The van der Waals surface area contributed by atoms with E-state index < -0.39 is 0 Å². The standard InChI is InChI=1S/C19H29N3O2/c1-19(2,3)18(24)21-16-9-11-22(12-10-16)14-17(23)20-13-15-7-5-4-6-8-15/h4-8,16H,9-14H2,1-3H3,(H,20,23)(H,21,24)/p+1. The summed E-state index contributed by atoms with van der Waals surface area (Å²) < 4.78 is 0. The van der Waals surface area contributed by atoms with E-state index in [0.717, 1.165) is 31.5 Å². The molecule has 24 heavy (non-hydrogen) atoms. The number of carbonyl (C=O) groups excluding carboxylic acids is 2. The number of rotatable bonds is 5. The first-order chi connectivity index (χ1) is 11.3. The maximum atomic E-state index is 12.1. The summed E-state index contributed by atoms with van der Waals surface area (Å²) in [6.07, 6.45) is 1.87. The molecule has 2 amide bonds. The lowest BCUT2D eigenvalue weighted by atomic mass is 9.94. The molecular weight excluding hydrogens is 302 g/mol. The Kier molecular flexibility index (Phi) is 6.37. The summed E-state index contributed by atoms with van der Waals surface area (Å²) in [5.74, 6) is 0.197. The van der Waals surface area contributed by atoms with Crippen molar-refractivity contribution in [3.63, 3.8) is 0 Å². The lowest BCUT2D eigenvalue weighted by molar-refractivity contribution is -0.897. The number of hydrogen-bond acceptors (Lipinski definition) is 2. The number of piperidine rings is 1. The molecule has 0 spiro atoms. The Morgan fingerprint density at radius 3 is 2.33 bits per heavy atom. The fourth-order valence-electron chi connectivity index (χ4n) is 2.84. The van der Waals surface area contributed by atoms with Crippen LogP contribution in [0.15, 0.2) is 30.3 Å². The maximum absolute atomic E-state index is 12.1. The molecule has 0 atom stereocenters. The van der Waals surface area contributed by atoms with E-state index in [2.05, 4.69) is 10.6 Å². The first kappa shape index (κ1) is 18.5. The number of amides is 2. The Morgan fingerprint density at radius 1 is 1.12 bits per heavy atom. The normalized spacial score (nSPS) is 21.1. The fraction of sp³-hybridized carbons (Fsp3) is 0.579.